The van der Waals surface area contributed by atoms with Gasteiger partial charge in [0.1, 0.15) is 17.3 Å². The van der Waals surface area contributed by atoms with Crippen LogP contribution in [0, 0.1) is 6.92 Å². The maximum absolute atomic E-state index is 13.8. The molecule has 0 saturated carbocycles. The minimum Gasteiger partial charge on any atom is -0.616 e. The van der Waals surface area contributed by atoms with Crippen LogP contribution in [0.3, 0.4) is 0 Å². The lowest BCUT2D eigenvalue weighted by Crippen LogP contribution is -2.41. The van der Waals surface area contributed by atoms with E-state index in [1.165, 1.54) is 14.2 Å². The number of ether oxygens (including phenoxy) is 2. The van der Waals surface area contributed by atoms with Crippen LogP contribution in [0.5, 0.6) is 11.5 Å². The van der Waals surface area contributed by atoms with Crippen LogP contribution in [-0.2, 0) is 26.6 Å². The Hall–Kier alpha value is -5.42. The Morgan fingerprint density at radius 3 is 2.37 bits per heavy atom. The van der Waals surface area contributed by atoms with Gasteiger partial charge in [0.05, 0.1) is 42.9 Å². The van der Waals surface area contributed by atoms with E-state index in [0.717, 1.165) is 60.0 Å². The molecule has 0 radical (unpaired) electrons. The number of hydrogen-bond acceptors (Lipinski definition) is 11. The van der Waals surface area contributed by atoms with E-state index in [1.807, 2.05) is 58.0 Å². The second-order valence-electron chi connectivity index (χ2n) is 15.5. The van der Waals surface area contributed by atoms with Gasteiger partial charge in [0, 0.05) is 55.1 Å². The Labute approximate surface area is 348 Å². The third-order valence-electron chi connectivity index (χ3n) is 10.0. The number of aryl methyl sites for hydroxylation is 1. The monoisotopic (exact) mass is 841 g/mol. The van der Waals surface area contributed by atoms with Crippen LogP contribution < -0.4 is 30.1 Å². The van der Waals surface area contributed by atoms with E-state index in [1.54, 1.807) is 42.6 Å². The van der Waals surface area contributed by atoms with Gasteiger partial charge in [-0.15, -0.1) is 0 Å². The number of anilines is 4. The number of nitrogens with zero attached hydrogens (tertiary/aromatic N) is 3. The smallest absolute Gasteiger partial charge is 0.255 e. The quantitative estimate of drug-likeness (QED) is 0.0709. The van der Waals surface area contributed by atoms with Gasteiger partial charge in [-0.1, -0.05) is 44.1 Å². The van der Waals surface area contributed by atoms with E-state index in [9.17, 15) is 22.6 Å². The van der Waals surface area contributed by atoms with E-state index in [4.69, 9.17) is 14.5 Å². The summed E-state index contributed by atoms with van der Waals surface area (Å²) in [6.07, 6.45) is 3.58. The highest BCUT2D eigenvalue weighted by Gasteiger charge is 2.23. The Morgan fingerprint density at radius 1 is 0.932 bits per heavy atom. The summed E-state index contributed by atoms with van der Waals surface area (Å²) in [5.41, 5.74) is 5.83. The van der Waals surface area contributed by atoms with Gasteiger partial charge >= 0.3 is 0 Å². The summed E-state index contributed by atoms with van der Waals surface area (Å²) in [7, 11) is -0.695. The molecule has 4 aromatic carbocycles. The molecular weight excluding hydrogens is 791 g/mol. The van der Waals surface area contributed by atoms with Gasteiger partial charge in [-0.2, -0.15) is 0 Å². The number of amides is 2. The predicted molar refractivity (Wildman–Crippen MR) is 235 cm³/mol. The zero-order valence-corrected chi connectivity index (χ0v) is 36.0. The molecule has 1 fully saturated rings. The van der Waals surface area contributed by atoms with Gasteiger partial charge in [-0.3, -0.25) is 19.2 Å². The van der Waals surface area contributed by atoms with Crippen molar-refractivity contribution in [1.82, 2.24) is 20.2 Å². The van der Waals surface area contributed by atoms with Crippen LogP contribution in [0.15, 0.2) is 72.9 Å². The van der Waals surface area contributed by atoms with Crippen molar-refractivity contribution in [3.8, 4) is 22.6 Å². The maximum atomic E-state index is 13.8. The van der Waals surface area contributed by atoms with Crippen LogP contribution in [0.4, 0.5) is 23.0 Å². The summed E-state index contributed by atoms with van der Waals surface area (Å²) in [5, 5.41) is 9.92. The molecule has 0 atom stereocenters. The maximum Gasteiger partial charge on any atom is 0.255 e. The summed E-state index contributed by atoms with van der Waals surface area (Å²) in [5.74, 6) is 1.77. The third-order valence-corrected chi connectivity index (χ3v) is 11.9. The molecule has 312 valence electrons. The number of aromatic nitrogens is 2. The molecule has 4 N–H and O–H groups in total. The van der Waals surface area contributed by atoms with Gasteiger partial charge < -0.3 is 30.0 Å². The van der Waals surface area contributed by atoms with Gasteiger partial charge in [-0.25, -0.2) is 18.4 Å². The molecule has 1 aliphatic rings. The Bertz CT molecular complexity index is 2470. The van der Waals surface area contributed by atoms with E-state index in [0.29, 0.717) is 57.8 Å². The van der Waals surface area contributed by atoms with Crippen molar-refractivity contribution in [2.75, 3.05) is 73.5 Å². The van der Waals surface area contributed by atoms with Crippen molar-refractivity contribution >= 4 is 66.9 Å². The molecule has 6 rings (SSSR count). The number of carbonyl (C=O) groups excluding carboxylic acids is 2. The van der Waals surface area contributed by atoms with Crippen LogP contribution in [0.25, 0.3) is 22.0 Å². The largest absolute Gasteiger partial charge is 0.616 e. The Morgan fingerprint density at radius 2 is 1.68 bits per heavy atom. The normalized spacial score (nSPS) is 13.8. The molecule has 59 heavy (non-hydrogen) atoms. The van der Waals surface area contributed by atoms with Gasteiger partial charge in [0.2, 0.25) is 16.0 Å². The average Bonchev–Trinajstić information content (AvgIpc) is 3.19. The van der Waals surface area contributed by atoms with Gasteiger partial charge in [-0.05, 0) is 89.5 Å². The number of fused-ring (bicyclic) bond motifs is 1. The van der Waals surface area contributed by atoms with Crippen molar-refractivity contribution in [3.63, 3.8) is 0 Å². The molecule has 2 heterocycles. The lowest BCUT2D eigenvalue weighted by molar-refractivity contribution is 0.0948. The summed E-state index contributed by atoms with van der Waals surface area (Å²) < 4.78 is 49.7. The highest BCUT2D eigenvalue weighted by molar-refractivity contribution is 7.92. The topological polar surface area (TPSA) is 187 Å². The number of sulfonamides is 1. The predicted octanol–water partition coefficient (Wildman–Crippen LogP) is 6.47. The average molecular weight is 842 g/mol. The molecule has 1 aromatic heterocycles. The second-order valence-corrected chi connectivity index (χ2v) is 19.0. The summed E-state index contributed by atoms with van der Waals surface area (Å²) in [4.78, 5) is 38.3. The molecule has 1 saturated heterocycles. The highest BCUT2D eigenvalue weighted by atomic mass is 32.2. The summed E-state index contributed by atoms with van der Waals surface area (Å²) in [6.45, 7) is 11.0. The zero-order valence-electron chi connectivity index (χ0n) is 34.4. The number of benzene rings is 4. The fraction of sp³-hybridized carbons (Fsp3) is 0.349. The molecule has 14 nitrogen and oxygen atoms in total. The van der Waals surface area contributed by atoms with Crippen molar-refractivity contribution in [1.29, 1.82) is 0 Å². The SMILES string of the molecule is COc1cc(Nc2ncc3cc(-c4cc(C(=O)Nc5cc(C(C)(C)C)cc(NS(C)(=O)=O)c5OC)ccc4C)ccc3n2)ccc1C(=O)NCCCN1CC[S+]([O-])CC1. The third kappa shape index (κ3) is 11.0. The van der Waals surface area contributed by atoms with Crippen molar-refractivity contribution in [2.45, 2.75) is 39.5 Å². The molecule has 0 bridgehead atoms. The molecule has 16 heteroatoms. The summed E-state index contributed by atoms with van der Waals surface area (Å²) in [6, 6.07) is 19.9. The number of rotatable bonds is 14. The first-order chi connectivity index (χ1) is 28.0. The first-order valence-corrected chi connectivity index (χ1v) is 22.6. The van der Waals surface area contributed by atoms with Crippen molar-refractivity contribution in [3.05, 3.63) is 95.2 Å². The molecule has 5 aromatic rings. The fourth-order valence-electron chi connectivity index (χ4n) is 6.76. The molecule has 0 spiro atoms. The van der Waals surface area contributed by atoms with E-state index in [-0.39, 0.29) is 22.8 Å². The molecule has 2 amide bonds. The molecule has 0 aliphatic carbocycles. The highest BCUT2D eigenvalue weighted by Crippen LogP contribution is 2.39. The standard InChI is InChI=1S/C43H51N7O7S2/c1-27-9-10-29(40(51)47-36-23-31(43(2,3)4)24-37(39(36)57-6)49-59(7,54)55)22-34(27)28-11-14-35-30(21-28)26-45-42(48-35)46-32-12-13-33(38(25-32)56-5)41(52)44-15-8-16-50-17-19-58(53)20-18-50/h9-14,21-26,49H,8,15-20H2,1-7H3,(H,44,52)(H,47,51)(H,45,46,48). The minimum atomic E-state index is -3.63. The van der Waals surface area contributed by atoms with Crippen LogP contribution >= 0.6 is 0 Å². The van der Waals surface area contributed by atoms with Crippen molar-refractivity contribution < 1.29 is 32.0 Å². The van der Waals surface area contributed by atoms with Crippen LogP contribution in [0.2, 0.25) is 0 Å². The zero-order chi connectivity index (χ0) is 42.5. The first-order valence-electron chi connectivity index (χ1n) is 19.2. The van der Waals surface area contributed by atoms with Crippen molar-refractivity contribution in [2.24, 2.45) is 0 Å². The first kappa shape index (κ1) is 43.2. The lowest BCUT2D eigenvalue weighted by Gasteiger charge is -2.27. The second kappa shape index (κ2) is 18.2. The number of hydrogen-bond donors (Lipinski definition) is 4. The molecule has 0 unspecified atom stereocenters. The molecule has 1 aliphatic heterocycles. The van der Waals surface area contributed by atoms with E-state index in [2.05, 4.69) is 30.6 Å². The van der Waals surface area contributed by atoms with Crippen LogP contribution in [-0.4, -0.2) is 97.8 Å². The number of carbonyl (C=O) groups is 2. The van der Waals surface area contributed by atoms with E-state index < -0.39 is 27.1 Å². The molecular formula is C43H51N7O7S2. The van der Waals surface area contributed by atoms with Crippen LogP contribution in [0.1, 0.15) is 59.0 Å². The minimum absolute atomic E-state index is 0.197. The van der Waals surface area contributed by atoms with Gasteiger partial charge in [0.15, 0.2) is 5.75 Å². The summed E-state index contributed by atoms with van der Waals surface area (Å²) >= 11 is -0.709. The fourth-order valence-corrected chi connectivity index (χ4v) is 8.44. The lowest BCUT2D eigenvalue weighted by atomic mass is 9.86. The number of methoxy groups -OCH3 is 2. The Kier molecular flexibility index (Phi) is 13.3. The number of nitrogens with one attached hydrogen (secondary N) is 4. The van der Waals surface area contributed by atoms with E-state index >= 15 is 0 Å². The van der Waals surface area contributed by atoms with Gasteiger partial charge in [0.25, 0.3) is 11.8 Å². The Balaban J connectivity index is 1.15.